The highest BCUT2D eigenvalue weighted by Gasteiger charge is 2.57. The first-order valence-corrected chi connectivity index (χ1v) is 10.7. The summed E-state index contributed by atoms with van der Waals surface area (Å²) in [6.45, 7) is 5.31. The Hall–Kier alpha value is -2.16. The standard InChI is InChI=1S/C21H25ClFN5O2/c1-26-11-20(25-12-26)30-21(29)28(7-13-2-3-19(23)18(22)4-13)10-17-15-8-27(9-16(15)17)14-5-24-6-14/h2-4,11-12,14-17,24H,5-10H2,1H3. The molecule has 3 heterocycles. The fourth-order valence-corrected chi connectivity index (χ4v) is 4.90. The van der Waals surface area contributed by atoms with Crippen LogP contribution < -0.4 is 10.1 Å². The lowest BCUT2D eigenvalue weighted by Crippen LogP contribution is -2.57. The second-order valence-corrected chi connectivity index (χ2v) is 9.04. The molecule has 1 saturated carbocycles. The first-order valence-electron chi connectivity index (χ1n) is 10.3. The third kappa shape index (κ3) is 3.91. The van der Waals surface area contributed by atoms with E-state index in [-0.39, 0.29) is 10.9 Å². The molecule has 1 amide bonds. The molecule has 3 aliphatic rings. The Morgan fingerprint density at radius 3 is 2.73 bits per heavy atom. The third-order valence-corrected chi connectivity index (χ3v) is 6.89. The molecule has 1 N–H and O–H groups in total. The zero-order chi connectivity index (χ0) is 20.8. The van der Waals surface area contributed by atoms with Crippen molar-refractivity contribution in [2.24, 2.45) is 24.8 Å². The number of aryl methyl sites for hydroxylation is 1. The summed E-state index contributed by atoms with van der Waals surface area (Å²) >= 11 is 5.94. The van der Waals surface area contributed by atoms with E-state index in [9.17, 15) is 9.18 Å². The number of halogens is 2. The van der Waals surface area contributed by atoms with Gasteiger partial charge >= 0.3 is 6.09 Å². The van der Waals surface area contributed by atoms with E-state index in [0.29, 0.717) is 36.9 Å². The molecular weight excluding hydrogens is 409 g/mol. The second kappa shape index (κ2) is 7.83. The first kappa shape index (κ1) is 19.8. The number of likely N-dealkylation sites (tertiary alicyclic amines) is 1. The molecule has 0 radical (unpaired) electrons. The van der Waals surface area contributed by atoms with Crippen molar-refractivity contribution in [2.75, 3.05) is 32.7 Å². The van der Waals surface area contributed by atoms with E-state index in [4.69, 9.17) is 16.3 Å². The number of amides is 1. The van der Waals surface area contributed by atoms with Crippen molar-refractivity contribution in [2.45, 2.75) is 12.6 Å². The van der Waals surface area contributed by atoms with E-state index in [0.717, 1.165) is 31.7 Å². The Bertz CT molecular complexity index is 937. The molecule has 160 valence electrons. The molecule has 1 aliphatic carbocycles. The Morgan fingerprint density at radius 1 is 1.37 bits per heavy atom. The number of imidazole rings is 1. The van der Waals surface area contributed by atoms with Gasteiger partial charge in [-0.2, -0.15) is 0 Å². The van der Waals surface area contributed by atoms with Crippen LogP contribution in [0.2, 0.25) is 5.02 Å². The lowest BCUT2D eigenvalue weighted by atomic mass is 10.1. The highest BCUT2D eigenvalue weighted by molar-refractivity contribution is 6.30. The molecule has 0 bridgehead atoms. The summed E-state index contributed by atoms with van der Waals surface area (Å²) in [5.41, 5.74) is 0.771. The average molecular weight is 434 g/mol. The summed E-state index contributed by atoms with van der Waals surface area (Å²) in [5, 5.41) is 3.38. The predicted molar refractivity (Wildman–Crippen MR) is 110 cm³/mol. The molecule has 1 aromatic carbocycles. The molecule has 7 nitrogen and oxygen atoms in total. The molecule has 2 atom stereocenters. The first-order chi connectivity index (χ1) is 14.5. The summed E-state index contributed by atoms with van der Waals surface area (Å²) in [4.78, 5) is 21.3. The van der Waals surface area contributed by atoms with Gasteiger partial charge in [0.15, 0.2) is 0 Å². The number of hydrogen-bond acceptors (Lipinski definition) is 5. The number of carbonyl (C=O) groups excluding carboxylic acids is 1. The smallest absolute Gasteiger partial charge is 0.389 e. The number of ether oxygens (including phenoxy) is 1. The number of nitrogens with zero attached hydrogens (tertiary/aromatic N) is 4. The van der Waals surface area contributed by atoms with Crippen LogP contribution in [0.1, 0.15) is 5.56 Å². The third-order valence-electron chi connectivity index (χ3n) is 6.60. The van der Waals surface area contributed by atoms with Crippen LogP contribution in [-0.4, -0.2) is 64.2 Å². The molecule has 1 aromatic heterocycles. The fraction of sp³-hybridized carbons (Fsp3) is 0.524. The lowest BCUT2D eigenvalue weighted by Gasteiger charge is -2.37. The molecule has 3 fully saturated rings. The van der Waals surface area contributed by atoms with Gasteiger partial charge in [0.2, 0.25) is 5.88 Å². The number of fused-ring (bicyclic) bond motifs is 1. The van der Waals surface area contributed by atoms with Crippen molar-refractivity contribution in [3.05, 3.63) is 47.1 Å². The van der Waals surface area contributed by atoms with Crippen LogP contribution in [0.15, 0.2) is 30.7 Å². The normalized spacial score (nSPS) is 25.6. The molecule has 2 aromatic rings. The van der Waals surface area contributed by atoms with Crippen LogP contribution in [0.4, 0.5) is 9.18 Å². The number of hydrogen-bond donors (Lipinski definition) is 1. The summed E-state index contributed by atoms with van der Waals surface area (Å²) in [5.74, 6) is 1.54. The SMILES string of the molecule is Cn1cnc(OC(=O)N(Cc2ccc(F)c(Cl)c2)CC2C3CN(C4CNC4)CC23)c1. The number of aromatic nitrogens is 2. The maximum atomic E-state index is 13.5. The maximum Gasteiger partial charge on any atom is 0.416 e. The van der Waals surface area contributed by atoms with Crippen molar-refractivity contribution < 1.29 is 13.9 Å². The van der Waals surface area contributed by atoms with Crippen molar-refractivity contribution in [3.8, 4) is 5.88 Å². The highest BCUT2D eigenvalue weighted by Crippen LogP contribution is 2.52. The van der Waals surface area contributed by atoms with E-state index < -0.39 is 11.9 Å². The zero-order valence-electron chi connectivity index (χ0n) is 16.8. The van der Waals surface area contributed by atoms with E-state index in [1.54, 1.807) is 34.1 Å². The van der Waals surface area contributed by atoms with Gasteiger partial charge in [-0.25, -0.2) is 14.2 Å². The maximum absolute atomic E-state index is 13.5. The van der Waals surface area contributed by atoms with Gasteiger partial charge in [-0.1, -0.05) is 17.7 Å². The zero-order valence-corrected chi connectivity index (χ0v) is 17.6. The number of rotatable bonds is 6. The minimum Gasteiger partial charge on any atom is -0.389 e. The van der Waals surface area contributed by atoms with Gasteiger partial charge in [-0.15, -0.1) is 0 Å². The van der Waals surface area contributed by atoms with Gasteiger partial charge < -0.3 is 19.5 Å². The van der Waals surface area contributed by atoms with Gasteiger partial charge in [0, 0.05) is 52.4 Å². The quantitative estimate of drug-likeness (QED) is 0.757. The Balaban J connectivity index is 1.26. The Labute approximate surface area is 179 Å². The number of piperidine rings is 1. The molecule has 5 rings (SSSR count). The van der Waals surface area contributed by atoms with Crippen molar-refractivity contribution >= 4 is 17.7 Å². The molecular formula is C21H25ClFN5O2. The van der Waals surface area contributed by atoms with Crippen molar-refractivity contribution in [1.29, 1.82) is 0 Å². The molecule has 9 heteroatoms. The summed E-state index contributed by atoms with van der Waals surface area (Å²) in [6.07, 6.45) is 2.79. The Kier molecular flexibility index (Phi) is 5.16. The van der Waals surface area contributed by atoms with Crippen LogP contribution in [0.25, 0.3) is 0 Å². The van der Waals surface area contributed by atoms with Crippen LogP contribution >= 0.6 is 11.6 Å². The molecule has 2 unspecified atom stereocenters. The minimum atomic E-state index is -0.467. The molecule has 2 aliphatic heterocycles. The largest absolute Gasteiger partial charge is 0.416 e. The van der Waals surface area contributed by atoms with Gasteiger partial charge in [0.05, 0.1) is 17.5 Å². The van der Waals surface area contributed by atoms with E-state index >= 15 is 0 Å². The number of nitrogens with one attached hydrogen (secondary N) is 1. The molecule has 30 heavy (non-hydrogen) atoms. The van der Waals surface area contributed by atoms with E-state index in [1.165, 1.54) is 6.07 Å². The van der Waals surface area contributed by atoms with Gasteiger partial charge in [-0.3, -0.25) is 4.90 Å². The molecule has 0 spiro atoms. The molecule has 2 saturated heterocycles. The van der Waals surface area contributed by atoms with Crippen molar-refractivity contribution in [3.63, 3.8) is 0 Å². The van der Waals surface area contributed by atoms with Gasteiger partial charge in [0.1, 0.15) is 5.82 Å². The van der Waals surface area contributed by atoms with Gasteiger partial charge in [0.25, 0.3) is 0 Å². The van der Waals surface area contributed by atoms with Crippen LogP contribution in [0.3, 0.4) is 0 Å². The fourth-order valence-electron chi connectivity index (χ4n) is 4.69. The van der Waals surface area contributed by atoms with Crippen LogP contribution in [-0.2, 0) is 13.6 Å². The van der Waals surface area contributed by atoms with Crippen LogP contribution in [0, 0.1) is 23.6 Å². The predicted octanol–water partition coefficient (Wildman–Crippen LogP) is 2.36. The monoisotopic (exact) mass is 433 g/mol. The average Bonchev–Trinajstić information content (AvgIpc) is 2.98. The van der Waals surface area contributed by atoms with Crippen LogP contribution in [0.5, 0.6) is 5.88 Å². The topological polar surface area (TPSA) is 62.6 Å². The second-order valence-electron chi connectivity index (χ2n) is 8.63. The lowest BCUT2D eigenvalue weighted by molar-refractivity contribution is 0.130. The van der Waals surface area contributed by atoms with E-state index in [1.807, 2.05) is 7.05 Å². The highest BCUT2D eigenvalue weighted by atomic mass is 35.5. The minimum absolute atomic E-state index is 0.0542. The number of benzene rings is 1. The van der Waals surface area contributed by atoms with Gasteiger partial charge in [-0.05, 0) is 35.4 Å². The van der Waals surface area contributed by atoms with Crippen molar-refractivity contribution in [1.82, 2.24) is 24.7 Å². The summed E-state index contributed by atoms with van der Waals surface area (Å²) in [7, 11) is 1.82. The summed E-state index contributed by atoms with van der Waals surface area (Å²) in [6, 6.07) is 5.22. The van der Waals surface area contributed by atoms with E-state index in [2.05, 4.69) is 15.2 Å². The number of carbonyl (C=O) groups is 1. The summed E-state index contributed by atoms with van der Waals surface area (Å²) < 4.78 is 20.8. The Morgan fingerprint density at radius 2 is 2.13 bits per heavy atom.